The summed E-state index contributed by atoms with van der Waals surface area (Å²) in [7, 11) is -1.75. The second-order valence-corrected chi connectivity index (χ2v) is 11.8. The third kappa shape index (κ3) is 5.50. The van der Waals surface area contributed by atoms with Crippen molar-refractivity contribution in [2.45, 2.75) is 15.0 Å². The zero-order valence-electron chi connectivity index (χ0n) is 17.7. The fraction of sp³-hybridized carbons (Fsp3) is 0.130. The van der Waals surface area contributed by atoms with Crippen LogP contribution in [0.4, 0.5) is 5.69 Å². The van der Waals surface area contributed by atoms with Gasteiger partial charge in [0.2, 0.25) is 0 Å². The molecular weight excluding hydrogens is 500 g/mol. The molecule has 1 amide bonds. The van der Waals surface area contributed by atoms with Crippen LogP contribution in [0.5, 0.6) is 5.75 Å². The number of benzene rings is 3. The van der Waals surface area contributed by atoms with Gasteiger partial charge < -0.3 is 10.1 Å². The zero-order valence-corrected chi connectivity index (χ0v) is 20.9. The molecule has 1 N–H and O–H groups in total. The van der Waals surface area contributed by atoms with Crippen LogP contribution in [0.2, 0.25) is 5.02 Å². The SMILES string of the molecule is COc1ccccc1CSc1nc2ccc(NC(=O)c3ccc(S(C)(=O)=O)cc3Cl)cc2s1. The van der Waals surface area contributed by atoms with Gasteiger partial charge in [0.1, 0.15) is 5.75 Å². The van der Waals surface area contributed by atoms with Gasteiger partial charge in [-0.3, -0.25) is 4.79 Å². The number of halogens is 1. The first kappa shape index (κ1) is 23.6. The number of hydrogen-bond acceptors (Lipinski definition) is 7. The molecule has 0 atom stereocenters. The van der Waals surface area contributed by atoms with Gasteiger partial charge in [0, 0.05) is 23.3 Å². The van der Waals surface area contributed by atoms with E-state index in [0.29, 0.717) is 5.69 Å². The number of methoxy groups -OCH3 is 1. The number of carbonyl (C=O) groups is 1. The third-order valence-electron chi connectivity index (χ3n) is 4.78. The molecule has 0 fully saturated rings. The monoisotopic (exact) mass is 518 g/mol. The Labute approximate surface area is 204 Å². The molecule has 10 heteroatoms. The molecule has 4 rings (SSSR count). The van der Waals surface area contributed by atoms with Crippen LogP contribution in [0.15, 0.2) is 69.9 Å². The van der Waals surface area contributed by atoms with Crippen LogP contribution in [-0.2, 0) is 15.6 Å². The first-order chi connectivity index (χ1) is 15.7. The number of ether oxygens (including phenoxy) is 1. The van der Waals surface area contributed by atoms with E-state index < -0.39 is 15.7 Å². The molecule has 6 nitrogen and oxygen atoms in total. The maximum atomic E-state index is 12.7. The van der Waals surface area contributed by atoms with Crippen LogP contribution in [0, 0.1) is 0 Å². The summed E-state index contributed by atoms with van der Waals surface area (Å²) >= 11 is 9.32. The van der Waals surface area contributed by atoms with E-state index in [0.717, 1.165) is 37.9 Å². The number of aromatic nitrogens is 1. The maximum absolute atomic E-state index is 12.7. The minimum absolute atomic E-state index is 0.0632. The van der Waals surface area contributed by atoms with Gasteiger partial charge in [0.25, 0.3) is 5.91 Å². The van der Waals surface area contributed by atoms with E-state index in [1.807, 2.05) is 36.4 Å². The van der Waals surface area contributed by atoms with Crippen molar-refractivity contribution in [3.8, 4) is 5.75 Å². The topological polar surface area (TPSA) is 85.4 Å². The molecule has 0 unspecified atom stereocenters. The van der Waals surface area contributed by atoms with Crippen LogP contribution in [0.25, 0.3) is 10.2 Å². The normalized spacial score (nSPS) is 11.5. The number of hydrogen-bond donors (Lipinski definition) is 1. The number of sulfone groups is 1. The number of thiazole rings is 1. The van der Waals surface area contributed by atoms with Gasteiger partial charge in [-0.15, -0.1) is 11.3 Å². The molecule has 4 aromatic rings. The second-order valence-electron chi connectivity index (χ2n) is 7.13. The fourth-order valence-electron chi connectivity index (χ4n) is 3.11. The summed E-state index contributed by atoms with van der Waals surface area (Å²) in [5, 5.41) is 2.89. The molecule has 0 aliphatic heterocycles. The highest BCUT2D eigenvalue weighted by atomic mass is 35.5. The van der Waals surface area contributed by atoms with Crippen molar-refractivity contribution in [1.29, 1.82) is 0 Å². The molecule has 0 aliphatic carbocycles. The van der Waals surface area contributed by atoms with Gasteiger partial charge in [-0.2, -0.15) is 0 Å². The van der Waals surface area contributed by atoms with Crippen molar-refractivity contribution in [3.05, 3.63) is 76.8 Å². The minimum atomic E-state index is -3.41. The zero-order chi connectivity index (χ0) is 23.6. The summed E-state index contributed by atoms with van der Waals surface area (Å²) in [5.41, 5.74) is 2.73. The molecule has 1 heterocycles. The van der Waals surface area contributed by atoms with Gasteiger partial charge in [-0.25, -0.2) is 13.4 Å². The van der Waals surface area contributed by atoms with Crippen molar-refractivity contribution in [2.24, 2.45) is 0 Å². The van der Waals surface area contributed by atoms with Crippen LogP contribution >= 0.6 is 34.7 Å². The highest BCUT2D eigenvalue weighted by Crippen LogP contribution is 2.34. The average Bonchev–Trinajstić information content (AvgIpc) is 3.19. The van der Waals surface area contributed by atoms with E-state index in [1.54, 1.807) is 36.3 Å². The molecule has 0 saturated carbocycles. The number of thioether (sulfide) groups is 1. The van der Waals surface area contributed by atoms with E-state index in [-0.39, 0.29) is 15.5 Å². The summed E-state index contributed by atoms with van der Waals surface area (Å²) in [6.45, 7) is 0. The number of anilines is 1. The molecular formula is C23H19ClN2O4S3. The fourth-order valence-corrected chi connectivity index (χ4v) is 6.19. The van der Waals surface area contributed by atoms with Gasteiger partial charge >= 0.3 is 0 Å². The van der Waals surface area contributed by atoms with Crippen LogP contribution in [0.3, 0.4) is 0 Å². The number of carbonyl (C=O) groups excluding carboxylic acids is 1. The smallest absolute Gasteiger partial charge is 0.257 e. The Balaban J connectivity index is 1.49. The van der Waals surface area contributed by atoms with Crippen molar-refractivity contribution in [2.75, 3.05) is 18.7 Å². The summed E-state index contributed by atoms with van der Waals surface area (Å²) in [6, 6.07) is 17.4. The number of para-hydroxylation sites is 1. The van der Waals surface area contributed by atoms with Crippen molar-refractivity contribution >= 4 is 66.3 Å². The van der Waals surface area contributed by atoms with E-state index in [2.05, 4.69) is 10.3 Å². The van der Waals surface area contributed by atoms with Gasteiger partial charge in [-0.1, -0.05) is 41.6 Å². The molecule has 0 aliphatic rings. The molecule has 0 radical (unpaired) electrons. The Hall–Kier alpha value is -2.59. The quantitative estimate of drug-likeness (QED) is 0.306. The second kappa shape index (κ2) is 9.72. The largest absolute Gasteiger partial charge is 0.496 e. The number of nitrogens with zero attached hydrogens (tertiary/aromatic N) is 1. The first-order valence-corrected chi connectivity index (χ1v) is 13.8. The Bertz CT molecular complexity index is 1450. The number of nitrogens with one attached hydrogen (secondary N) is 1. The molecule has 3 aromatic carbocycles. The lowest BCUT2D eigenvalue weighted by molar-refractivity contribution is 0.102. The highest BCUT2D eigenvalue weighted by Gasteiger charge is 2.16. The summed E-state index contributed by atoms with van der Waals surface area (Å²) in [4.78, 5) is 17.4. The molecule has 170 valence electrons. The number of fused-ring (bicyclic) bond motifs is 1. The van der Waals surface area contributed by atoms with Crippen LogP contribution in [0.1, 0.15) is 15.9 Å². The van der Waals surface area contributed by atoms with E-state index in [4.69, 9.17) is 16.3 Å². The molecule has 33 heavy (non-hydrogen) atoms. The van der Waals surface area contributed by atoms with E-state index >= 15 is 0 Å². The predicted octanol–water partition coefficient (Wildman–Crippen LogP) is 5.91. The Morgan fingerprint density at radius 3 is 2.67 bits per heavy atom. The van der Waals surface area contributed by atoms with Crippen molar-refractivity contribution < 1.29 is 17.9 Å². The molecule has 0 saturated heterocycles. The first-order valence-electron chi connectivity index (χ1n) is 9.71. The summed E-state index contributed by atoms with van der Waals surface area (Å²) < 4.78 is 30.6. The van der Waals surface area contributed by atoms with Crippen molar-refractivity contribution in [3.63, 3.8) is 0 Å². The van der Waals surface area contributed by atoms with Gasteiger partial charge in [-0.05, 0) is 42.5 Å². The average molecular weight is 519 g/mol. The Morgan fingerprint density at radius 2 is 1.94 bits per heavy atom. The number of amides is 1. The van der Waals surface area contributed by atoms with Crippen LogP contribution in [-0.4, -0.2) is 32.7 Å². The predicted molar refractivity (Wildman–Crippen MR) is 135 cm³/mol. The summed E-state index contributed by atoms with van der Waals surface area (Å²) in [6.07, 6.45) is 1.09. The van der Waals surface area contributed by atoms with Gasteiger partial charge in [0.05, 0.1) is 32.8 Å². The maximum Gasteiger partial charge on any atom is 0.257 e. The van der Waals surface area contributed by atoms with Crippen molar-refractivity contribution in [1.82, 2.24) is 4.98 Å². The van der Waals surface area contributed by atoms with Gasteiger partial charge in [0.15, 0.2) is 14.2 Å². The molecule has 1 aromatic heterocycles. The summed E-state index contributed by atoms with van der Waals surface area (Å²) in [5.74, 6) is 1.16. The minimum Gasteiger partial charge on any atom is -0.496 e. The van der Waals surface area contributed by atoms with E-state index in [1.165, 1.54) is 18.2 Å². The standard InChI is InChI=1S/C23H19ClN2O4S3/c1-30-20-6-4-3-5-14(20)13-31-23-26-19-10-7-15(11-21(19)32-23)25-22(27)17-9-8-16(12-18(17)24)33(2,28)29/h3-12H,13H2,1-2H3,(H,25,27). The highest BCUT2D eigenvalue weighted by molar-refractivity contribution is 8.00. The molecule has 0 spiro atoms. The molecule has 0 bridgehead atoms. The lowest BCUT2D eigenvalue weighted by atomic mass is 10.2. The number of rotatable bonds is 7. The lowest BCUT2D eigenvalue weighted by Crippen LogP contribution is -2.12. The third-order valence-corrected chi connectivity index (χ3v) is 8.42. The Morgan fingerprint density at radius 1 is 1.15 bits per heavy atom. The van der Waals surface area contributed by atoms with E-state index in [9.17, 15) is 13.2 Å². The van der Waals surface area contributed by atoms with Crippen LogP contribution < -0.4 is 10.1 Å². The lowest BCUT2D eigenvalue weighted by Gasteiger charge is -2.08. The Kier molecular flexibility index (Phi) is 6.94.